The number of halogens is 4. The van der Waals surface area contributed by atoms with Crippen LogP contribution in [0.25, 0.3) is 0 Å². The van der Waals surface area contributed by atoms with Gasteiger partial charge in [0, 0.05) is 37.4 Å². The lowest BCUT2D eigenvalue weighted by atomic mass is 9.96. The Kier molecular flexibility index (Phi) is 5.68. The van der Waals surface area contributed by atoms with Gasteiger partial charge in [-0.15, -0.1) is 0 Å². The Labute approximate surface area is 189 Å². The third-order valence-corrected chi connectivity index (χ3v) is 5.69. The molecule has 2 amide bonds. The second kappa shape index (κ2) is 8.28. The molecule has 1 aliphatic heterocycles. The van der Waals surface area contributed by atoms with E-state index in [2.05, 4.69) is 26.6 Å². The van der Waals surface area contributed by atoms with E-state index >= 15 is 0 Å². The molecule has 0 radical (unpaired) electrons. The predicted molar refractivity (Wildman–Crippen MR) is 116 cm³/mol. The lowest BCUT2D eigenvalue weighted by Crippen LogP contribution is -2.21. The molecular formula is C22H14BrClF2N2O3. The zero-order valence-corrected chi connectivity index (χ0v) is 18.3. The smallest absolute Gasteiger partial charge is 0.255 e. The minimum absolute atomic E-state index is 0.0756. The maximum absolute atomic E-state index is 13.9. The van der Waals surface area contributed by atoms with Gasteiger partial charge in [0.25, 0.3) is 11.8 Å². The monoisotopic (exact) mass is 506 g/mol. The van der Waals surface area contributed by atoms with Gasteiger partial charge in [0.05, 0.1) is 13.2 Å². The van der Waals surface area contributed by atoms with E-state index in [9.17, 15) is 18.4 Å². The first-order chi connectivity index (χ1) is 14.8. The van der Waals surface area contributed by atoms with Crippen molar-refractivity contribution in [2.75, 3.05) is 12.4 Å². The van der Waals surface area contributed by atoms with Gasteiger partial charge in [0.2, 0.25) is 0 Å². The Bertz CT molecular complexity index is 1240. The van der Waals surface area contributed by atoms with Crippen LogP contribution in [-0.4, -0.2) is 18.9 Å². The molecule has 0 spiro atoms. The van der Waals surface area contributed by atoms with Crippen molar-refractivity contribution in [1.82, 2.24) is 5.32 Å². The summed E-state index contributed by atoms with van der Waals surface area (Å²) in [6.45, 7) is 0. The van der Waals surface area contributed by atoms with Crippen molar-refractivity contribution in [3.63, 3.8) is 0 Å². The lowest BCUT2D eigenvalue weighted by molar-refractivity contribution is 0.0959. The molecule has 0 saturated carbocycles. The maximum Gasteiger partial charge on any atom is 0.255 e. The number of benzene rings is 3. The summed E-state index contributed by atoms with van der Waals surface area (Å²) in [6.07, 6.45) is 0. The lowest BCUT2D eigenvalue weighted by Gasteiger charge is -2.18. The zero-order valence-electron chi connectivity index (χ0n) is 15.9. The largest absolute Gasteiger partial charge is 0.494 e. The number of rotatable bonds is 4. The summed E-state index contributed by atoms with van der Waals surface area (Å²) >= 11 is 9.60. The summed E-state index contributed by atoms with van der Waals surface area (Å²) in [5.41, 5.74) is 1.59. The Morgan fingerprint density at radius 1 is 1.16 bits per heavy atom. The van der Waals surface area contributed by atoms with Gasteiger partial charge < -0.3 is 15.4 Å². The normalized spacial score (nSPS) is 14.7. The van der Waals surface area contributed by atoms with Crippen LogP contribution >= 0.6 is 27.5 Å². The molecule has 31 heavy (non-hydrogen) atoms. The molecule has 1 atom stereocenters. The van der Waals surface area contributed by atoms with Gasteiger partial charge in [-0.05, 0) is 48.5 Å². The standard InChI is InChI=1S/C22H14BrClF2N2O3/c1-31-18-6-10(2-5-16(18)26)21(29)27-17-8-11(23)7-14-19(17)20(28-22(14)30)13-9-12(25)3-4-15(13)24/h2-9,20H,1H3,(H,27,29)(H,28,30). The van der Waals surface area contributed by atoms with Gasteiger partial charge >= 0.3 is 0 Å². The van der Waals surface area contributed by atoms with Crippen LogP contribution in [0.15, 0.2) is 53.0 Å². The highest BCUT2D eigenvalue weighted by molar-refractivity contribution is 9.10. The Morgan fingerprint density at radius 3 is 2.68 bits per heavy atom. The maximum atomic E-state index is 13.9. The third kappa shape index (κ3) is 4.00. The molecule has 1 aliphatic rings. The van der Waals surface area contributed by atoms with E-state index in [-0.39, 0.29) is 22.2 Å². The fourth-order valence-corrected chi connectivity index (χ4v) is 4.15. The van der Waals surface area contributed by atoms with Crippen molar-refractivity contribution in [2.45, 2.75) is 6.04 Å². The van der Waals surface area contributed by atoms with Crippen molar-refractivity contribution in [1.29, 1.82) is 0 Å². The number of methoxy groups -OCH3 is 1. The first kappa shape index (κ1) is 21.3. The molecular weight excluding hydrogens is 494 g/mol. The van der Waals surface area contributed by atoms with Crippen molar-refractivity contribution in [2.24, 2.45) is 0 Å². The van der Waals surface area contributed by atoms with E-state index in [1.807, 2.05) is 0 Å². The molecule has 3 aromatic rings. The van der Waals surface area contributed by atoms with Crippen LogP contribution in [0.4, 0.5) is 14.5 Å². The summed E-state index contributed by atoms with van der Waals surface area (Å²) in [6, 6.07) is 10.0. The van der Waals surface area contributed by atoms with Crippen molar-refractivity contribution in [3.8, 4) is 5.75 Å². The highest BCUT2D eigenvalue weighted by atomic mass is 79.9. The fourth-order valence-electron chi connectivity index (χ4n) is 3.47. The average Bonchev–Trinajstić information content (AvgIpc) is 3.06. The number of carbonyl (C=O) groups is 2. The Hall–Kier alpha value is -2.97. The van der Waals surface area contributed by atoms with Crippen LogP contribution in [0, 0.1) is 11.6 Å². The van der Waals surface area contributed by atoms with E-state index in [0.717, 1.165) is 6.07 Å². The molecule has 4 rings (SSSR count). The number of carbonyl (C=O) groups excluding carboxylic acids is 2. The summed E-state index contributed by atoms with van der Waals surface area (Å²) < 4.78 is 33.1. The first-order valence-corrected chi connectivity index (χ1v) is 10.2. The molecule has 9 heteroatoms. The van der Waals surface area contributed by atoms with E-state index in [1.54, 1.807) is 12.1 Å². The van der Waals surface area contributed by atoms with Crippen molar-refractivity contribution >= 4 is 45.0 Å². The topological polar surface area (TPSA) is 67.4 Å². The first-order valence-electron chi connectivity index (χ1n) is 9.02. The van der Waals surface area contributed by atoms with Gasteiger partial charge in [-0.2, -0.15) is 0 Å². The second-order valence-electron chi connectivity index (χ2n) is 6.79. The Morgan fingerprint density at radius 2 is 1.94 bits per heavy atom. The number of amides is 2. The van der Waals surface area contributed by atoms with Gasteiger partial charge in [-0.1, -0.05) is 27.5 Å². The zero-order chi connectivity index (χ0) is 22.3. The molecule has 1 unspecified atom stereocenters. The predicted octanol–water partition coefficient (Wildman–Crippen LogP) is 5.47. The number of hydrogen-bond donors (Lipinski definition) is 2. The molecule has 0 saturated heterocycles. The number of hydrogen-bond acceptors (Lipinski definition) is 3. The van der Waals surface area contributed by atoms with Crippen LogP contribution in [-0.2, 0) is 0 Å². The molecule has 1 heterocycles. The highest BCUT2D eigenvalue weighted by Crippen LogP contribution is 2.41. The highest BCUT2D eigenvalue weighted by Gasteiger charge is 2.34. The quantitative estimate of drug-likeness (QED) is 0.492. The molecule has 158 valence electrons. The van der Waals surface area contributed by atoms with Crippen LogP contribution in [0.5, 0.6) is 5.75 Å². The average molecular weight is 508 g/mol. The van der Waals surface area contributed by atoms with E-state index < -0.39 is 23.6 Å². The van der Waals surface area contributed by atoms with Crippen LogP contribution in [0.3, 0.4) is 0 Å². The van der Waals surface area contributed by atoms with Gasteiger partial charge in [-0.3, -0.25) is 9.59 Å². The van der Waals surface area contributed by atoms with Gasteiger partial charge in [0.1, 0.15) is 5.82 Å². The van der Waals surface area contributed by atoms with Crippen LogP contribution in [0.2, 0.25) is 5.02 Å². The van der Waals surface area contributed by atoms with Gasteiger partial charge in [0.15, 0.2) is 11.6 Å². The molecule has 0 aromatic heterocycles. The molecule has 0 bridgehead atoms. The molecule has 0 fully saturated rings. The molecule has 0 aliphatic carbocycles. The van der Waals surface area contributed by atoms with Crippen molar-refractivity contribution in [3.05, 3.63) is 91.9 Å². The molecule has 2 N–H and O–H groups in total. The SMILES string of the molecule is COc1cc(C(=O)Nc2cc(Br)cc3c2C(c2cc(F)ccc2Cl)NC3=O)ccc1F. The number of nitrogens with one attached hydrogen (secondary N) is 2. The number of ether oxygens (including phenoxy) is 1. The molecule has 3 aromatic carbocycles. The van der Waals surface area contributed by atoms with Crippen LogP contribution in [0.1, 0.15) is 37.9 Å². The van der Waals surface area contributed by atoms with Gasteiger partial charge in [-0.25, -0.2) is 8.78 Å². The number of anilines is 1. The number of fused-ring (bicyclic) bond motifs is 1. The summed E-state index contributed by atoms with van der Waals surface area (Å²) in [5, 5.41) is 5.79. The summed E-state index contributed by atoms with van der Waals surface area (Å²) in [7, 11) is 1.30. The van der Waals surface area contributed by atoms with E-state index in [1.165, 1.54) is 37.4 Å². The van der Waals surface area contributed by atoms with Crippen LogP contribution < -0.4 is 15.4 Å². The summed E-state index contributed by atoms with van der Waals surface area (Å²) in [5.74, 6) is -2.11. The Balaban J connectivity index is 1.78. The van der Waals surface area contributed by atoms with E-state index in [0.29, 0.717) is 26.9 Å². The molecule has 5 nitrogen and oxygen atoms in total. The summed E-state index contributed by atoms with van der Waals surface area (Å²) in [4.78, 5) is 25.4. The minimum Gasteiger partial charge on any atom is -0.494 e. The third-order valence-electron chi connectivity index (χ3n) is 4.88. The minimum atomic E-state index is -0.767. The van der Waals surface area contributed by atoms with E-state index in [4.69, 9.17) is 16.3 Å². The second-order valence-corrected chi connectivity index (χ2v) is 8.11. The fraction of sp³-hybridized carbons (Fsp3) is 0.0909. The van der Waals surface area contributed by atoms with Crippen molar-refractivity contribution < 1.29 is 23.1 Å².